The number of carbonyl (C=O) groups excluding carboxylic acids is 1. The van der Waals surface area contributed by atoms with E-state index in [4.69, 9.17) is 9.47 Å². The van der Waals surface area contributed by atoms with Crippen molar-refractivity contribution >= 4 is 5.97 Å². The molecule has 37 heavy (non-hydrogen) atoms. The first-order valence-corrected chi connectivity index (χ1v) is 14.8. The van der Waals surface area contributed by atoms with E-state index < -0.39 is 0 Å². The van der Waals surface area contributed by atoms with E-state index in [2.05, 4.69) is 60.6 Å². The van der Waals surface area contributed by atoms with Crippen LogP contribution in [0.4, 0.5) is 0 Å². The van der Waals surface area contributed by atoms with Gasteiger partial charge >= 0.3 is 5.97 Å². The number of likely N-dealkylation sites (tertiary alicyclic amines) is 1. The summed E-state index contributed by atoms with van der Waals surface area (Å²) < 4.78 is 12.7. The van der Waals surface area contributed by atoms with Gasteiger partial charge in [0.1, 0.15) is 18.9 Å². The van der Waals surface area contributed by atoms with Crippen molar-refractivity contribution in [1.29, 1.82) is 0 Å². The van der Waals surface area contributed by atoms with Gasteiger partial charge in [-0.05, 0) is 40.4 Å². The Morgan fingerprint density at radius 3 is 2.03 bits per heavy atom. The summed E-state index contributed by atoms with van der Waals surface area (Å²) >= 11 is 0. The van der Waals surface area contributed by atoms with E-state index >= 15 is 0 Å². The highest BCUT2D eigenvalue weighted by atomic mass is 16.5. The number of nitrogens with zero attached hydrogens (tertiary/aromatic N) is 1. The van der Waals surface area contributed by atoms with Crippen molar-refractivity contribution in [2.75, 3.05) is 39.6 Å². The number of carbonyl (C=O) groups is 1. The van der Waals surface area contributed by atoms with E-state index in [0.717, 1.165) is 60.6 Å². The highest BCUT2D eigenvalue weighted by Gasteiger charge is 2.32. The zero-order chi connectivity index (χ0) is 27.5. The lowest BCUT2D eigenvalue weighted by molar-refractivity contribution is -0.935. The quantitative estimate of drug-likeness (QED) is 0.149. The third kappa shape index (κ3) is 10.6. The maximum atomic E-state index is 12.6. The second-order valence-corrected chi connectivity index (χ2v) is 13.3. The highest BCUT2D eigenvalue weighted by molar-refractivity contribution is 5.69. The molecule has 0 aromatic heterocycles. The topological polar surface area (TPSA) is 55.8 Å². The molecule has 1 fully saturated rings. The number of esters is 1. The van der Waals surface area contributed by atoms with Crippen LogP contribution in [0.15, 0.2) is 12.1 Å². The maximum absolute atomic E-state index is 12.6. The summed E-state index contributed by atoms with van der Waals surface area (Å²) in [6.07, 6.45) is 11.1. The Balaban J connectivity index is 1.82. The van der Waals surface area contributed by atoms with Crippen molar-refractivity contribution in [1.82, 2.24) is 0 Å². The van der Waals surface area contributed by atoms with Crippen molar-refractivity contribution in [3.8, 4) is 5.75 Å². The van der Waals surface area contributed by atoms with Gasteiger partial charge in [-0.3, -0.25) is 9.28 Å². The summed E-state index contributed by atoms with van der Waals surface area (Å²) in [5.74, 6) is 0.234. The van der Waals surface area contributed by atoms with Crippen molar-refractivity contribution < 1.29 is 23.9 Å². The van der Waals surface area contributed by atoms with Crippen LogP contribution in [0.3, 0.4) is 0 Å². The van der Waals surface area contributed by atoms with E-state index in [1.807, 2.05) is 0 Å². The predicted octanol–water partition coefficient (Wildman–Crippen LogP) is 7.41. The van der Waals surface area contributed by atoms with Crippen LogP contribution in [-0.2, 0) is 31.5 Å². The van der Waals surface area contributed by atoms with E-state index in [1.165, 1.54) is 44.9 Å². The lowest BCUT2D eigenvalue weighted by Gasteiger charge is -2.33. The average Bonchev–Trinajstić information content (AvgIpc) is 3.27. The molecule has 0 spiro atoms. The molecule has 0 saturated carbocycles. The van der Waals surface area contributed by atoms with Crippen LogP contribution >= 0.6 is 0 Å². The smallest absolute Gasteiger partial charge is 0.306 e. The molecule has 5 nitrogen and oxygen atoms in total. The zero-order valence-corrected chi connectivity index (χ0v) is 25.1. The van der Waals surface area contributed by atoms with Gasteiger partial charge in [-0.15, -0.1) is 0 Å². The van der Waals surface area contributed by atoms with Crippen LogP contribution in [0.1, 0.15) is 123 Å². The summed E-state index contributed by atoms with van der Waals surface area (Å²) in [5, 5.41) is 10.9. The molecule has 1 heterocycles. The summed E-state index contributed by atoms with van der Waals surface area (Å²) in [4.78, 5) is 12.6. The summed E-state index contributed by atoms with van der Waals surface area (Å²) in [6, 6.07) is 4.12. The number of phenolic OH excluding ortho intramolecular Hbond substituents is 1. The number of hydrogen-bond acceptors (Lipinski definition) is 4. The molecule has 1 aliphatic rings. The fourth-order valence-electron chi connectivity index (χ4n) is 5.32. The van der Waals surface area contributed by atoms with Crippen LogP contribution < -0.4 is 0 Å². The lowest BCUT2D eigenvalue weighted by Crippen LogP contribution is -2.49. The number of ether oxygens (including phenoxy) is 2. The molecule has 1 aromatic rings. The molecule has 1 saturated heterocycles. The average molecular weight is 519 g/mol. The number of aromatic hydroxyl groups is 1. The minimum absolute atomic E-state index is 0.145. The third-order valence-corrected chi connectivity index (χ3v) is 7.75. The molecule has 0 unspecified atom stereocenters. The summed E-state index contributed by atoms with van der Waals surface area (Å²) in [5.41, 5.74) is 2.60. The molecule has 2 rings (SSSR count). The van der Waals surface area contributed by atoms with Crippen molar-refractivity contribution in [3.05, 3.63) is 28.8 Å². The Hall–Kier alpha value is -1.59. The molecule has 1 aromatic carbocycles. The first kappa shape index (κ1) is 31.6. The number of quaternary nitrogens is 1. The largest absolute Gasteiger partial charge is 0.507 e. The van der Waals surface area contributed by atoms with Gasteiger partial charge in [-0.1, -0.05) is 92.7 Å². The molecule has 0 bridgehead atoms. The number of benzene rings is 1. The van der Waals surface area contributed by atoms with Crippen molar-refractivity contribution in [2.24, 2.45) is 0 Å². The van der Waals surface area contributed by atoms with Crippen LogP contribution in [0.25, 0.3) is 0 Å². The first-order chi connectivity index (χ1) is 17.4. The van der Waals surface area contributed by atoms with E-state index in [0.29, 0.717) is 25.2 Å². The van der Waals surface area contributed by atoms with Crippen molar-refractivity contribution in [3.63, 3.8) is 0 Å². The fourth-order valence-corrected chi connectivity index (χ4v) is 5.32. The Labute approximate surface area is 227 Å². The van der Waals surface area contributed by atoms with Gasteiger partial charge in [0.2, 0.25) is 0 Å². The monoisotopic (exact) mass is 518 g/mol. The minimum Gasteiger partial charge on any atom is -0.507 e. The molecule has 5 heteroatoms. The van der Waals surface area contributed by atoms with Crippen LogP contribution in [0.2, 0.25) is 0 Å². The standard InChI is InChI=1S/C32H55NO4/c1-8-9-10-11-12-15-21-36-25-33(18-13-14-19-33)20-22-37-29(34)17-16-26-23-27(31(2,3)4)30(35)28(24-26)32(5,6)7/h23-24H,8-22,25H2,1-7H3/p+1. The highest BCUT2D eigenvalue weighted by Crippen LogP contribution is 2.40. The predicted molar refractivity (Wildman–Crippen MR) is 153 cm³/mol. The van der Waals surface area contributed by atoms with Gasteiger partial charge in [0, 0.05) is 19.3 Å². The first-order valence-electron chi connectivity index (χ1n) is 14.8. The molecule has 0 amide bonds. The molecule has 0 aliphatic carbocycles. The summed E-state index contributed by atoms with van der Waals surface area (Å²) in [7, 11) is 0. The Bertz CT molecular complexity index is 793. The summed E-state index contributed by atoms with van der Waals surface area (Å²) in [6.45, 7) is 20.0. The number of unbranched alkanes of at least 4 members (excludes halogenated alkanes) is 5. The zero-order valence-electron chi connectivity index (χ0n) is 25.1. The Kier molecular flexibility index (Phi) is 12.4. The van der Waals surface area contributed by atoms with Crippen LogP contribution in [-0.4, -0.2) is 55.1 Å². The van der Waals surface area contributed by atoms with Gasteiger partial charge in [0.15, 0.2) is 6.73 Å². The molecule has 212 valence electrons. The number of rotatable bonds is 15. The van der Waals surface area contributed by atoms with Gasteiger partial charge in [0.05, 0.1) is 19.7 Å². The molecular formula is C32H56NO4+. The van der Waals surface area contributed by atoms with Gasteiger partial charge in [-0.25, -0.2) is 0 Å². The molecule has 0 radical (unpaired) electrons. The number of hydrogen-bond donors (Lipinski definition) is 1. The normalized spacial score (nSPS) is 15.8. The van der Waals surface area contributed by atoms with Gasteiger partial charge < -0.3 is 14.6 Å². The van der Waals surface area contributed by atoms with E-state index in [9.17, 15) is 9.90 Å². The molecule has 1 aliphatic heterocycles. The van der Waals surface area contributed by atoms with Gasteiger partial charge in [-0.2, -0.15) is 0 Å². The fraction of sp³-hybridized carbons (Fsp3) is 0.781. The Morgan fingerprint density at radius 2 is 1.46 bits per heavy atom. The Morgan fingerprint density at radius 1 is 0.892 bits per heavy atom. The van der Waals surface area contributed by atoms with Crippen molar-refractivity contribution in [2.45, 2.75) is 124 Å². The second-order valence-electron chi connectivity index (χ2n) is 13.3. The minimum atomic E-state index is -0.175. The molecule has 0 atom stereocenters. The van der Waals surface area contributed by atoms with Crippen LogP contribution in [0, 0.1) is 0 Å². The lowest BCUT2D eigenvalue weighted by atomic mass is 9.78. The van der Waals surface area contributed by atoms with Gasteiger partial charge in [0.25, 0.3) is 0 Å². The van der Waals surface area contributed by atoms with Crippen LogP contribution in [0.5, 0.6) is 5.75 Å². The second kappa shape index (κ2) is 14.5. The van der Waals surface area contributed by atoms with E-state index in [-0.39, 0.29) is 16.8 Å². The SMILES string of the molecule is CCCCCCCCOC[N+]1(CCOC(=O)CCc2cc(C(C)(C)C)c(O)c(C(C)(C)C)c2)CCCC1. The number of aryl methyl sites for hydroxylation is 1. The van der Waals surface area contributed by atoms with E-state index in [1.54, 1.807) is 0 Å². The molecular weight excluding hydrogens is 462 g/mol. The maximum Gasteiger partial charge on any atom is 0.306 e. The number of phenols is 1. The third-order valence-electron chi connectivity index (χ3n) is 7.75. The molecule has 1 N–H and O–H groups in total.